The van der Waals surface area contributed by atoms with Crippen molar-refractivity contribution in [3.05, 3.63) is 10.6 Å². The number of hydrogen-bond donors (Lipinski definition) is 2. The summed E-state index contributed by atoms with van der Waals surface area (Å²) in [5.74, 6) is -0.324. The molecule has 1 aromatic heterocycles. The van der Waals surface area contributed by atoms with E-state index in [0.717, 1.165) is 36.0 Å². The Morgan fingerprint density at radius 2 is 2.42 bits per heavy atom. The van der Waals surface area contributed by atoms with Crippen molar-refractivity contribution in [2.75, 3.05) is 5.32 Å². The zero-order chi connectivity index (χ0) is 13.4. The number of aromatic nitrogens is 1. The molecule has 0 spiro atoms. The molecule has 3 atom stereocenters. The first-order chi connectivity index (χ1) is 9.19. The van der Waals surface area contributed by atoms with Crippen molar-refractivity contribution in [1.82, 2.24) is 4.98 Å². The number of rotatable bonds is 5. The summed E-state index contributed by atoms with van der Waals surface area (Å²) in [6.45, 7) is 2.22. The van der Waals surface area contributed by atoms with Gasteiger partial charge >= 0.3 is 5.97 Å². The summed E-state index contributed by atoms with van der Waals surface area (Å²) in [6.07, 6.45) is 6.43. The Balaban J connectivity index is 1.70. The number of thiazole rings is 1. The molecule has 0 bridgehead atoms. The van der Waals surface area contributed by atoms with Gasteiger partial charge in [0.2, 0.25) is 0 Å². The average molecular weight is 280 g/mol. The number of carboxylic acids is 1. The van der Waals surface area contributed by atoms with Gasteiger partial charge in [0.05, 0.1) is 5.69 Å². The average Bonchev–Trinajstić information content (AvgIpc) is 2.96. The molecule has 1 fully saturated rings. The first-order valence-electron chi connectivity index (χ1n) is 7.18. The maximum atomic E-state index is 11.2. The quantitative estimate of drug-likeness (QED) is 0.869. The van der Waals surface area contributed by atoms with Crippen LogP contribution in [0.3, 0.4) is 0 Å². The Kier molecular flexibility index (Phi) is 3.48. The maximum absolute atomic E-state index is 11.2. The van der Waals surface area contributed by atoms with Crippen LogP contribution >= 0.6 is 11.3 Å². The van der Waals surface area contributed by atoms with Crippen LogP contribution in [0.15, 0.2) is 0 Å². The van der Waals surface area contributed by atoms with Gasteiger partial charge in [-0.2, -0.15) is 0 Å². The number of nitrogens with one attached hydrogen (secondary N) is 1. The third-order valence-corrected chi connectivity index (χ3v) is 5.21. The van der Waals surface area contributed by atoms with E-state index in [0.29, 0.717) is 6.04 Å². The normalized spacial score (nSPS) is 28.8. The maximum Gasteiger partial charge on any atom is 0.312 e. The fourth-order valence-electron chi connectivity index (χ4n) is 2.99. The third-order valence-electron chi connectivity index (χ3n) is 4.14. The minimum absolute atomic E-state index is 0.388. The van der Waals surface area contributed by atoms with Crippen LogP contribution in [0.4, 0.5) is 5.13 Å². The van der Waals surface area contributed by atoms with E-state index in [4.69, 9.17) is 0 Å². The van der Waals surface area contributed by atoms with Crippen molar-refractivity contribution in [2.45, 2.75) is 57.4 Å². The highest BCUT2D eigenvalue weighted by atomic mass is 32.1. The smallest absolute Gasteiger partial charge is 0.312 e. The number of nitrogens with zero attached hydrogens (tertiary/aromatic N) is 1. The molecule has 2 N–H and O–H groups in total. The molecule has 3 unspecified atom stereocenters. The molecule has 1 saturated carbocycles. The highest BCUT2D eigenvalue weighted by Crippen LogP contribution is 2.41. The minimum atomic E-state index is -0.729. The Hall–Kier alpha value is -1.10. The van der Waals surface area contributed by atoms with Crippen LogP contribution in [0.5, 0.6) is 0 Å². The molecule has 2 aliphatic rings. The number of carbonyl (C=O) groups is 1. The van der Waals surface area contributed by atoms with E-state index in [1.807, 2.05) is 0 Å². The first-order valence-corrected chi connectivity index (χ1v) is 7.99. The van der Waals surface area contributed by atoms with Gasteiger partial charge in [-0.3, -0.25) is 4.79 Å². The molecule has 4 nitrogen and oxygen atoms in total. The van der Waals surface area contributed by atoms with Crippen LogP contribution in [0.2, 0.25) is 0 Å². The molecule has 1 aromatic rings. The van der Waals surface area contributed by atoms with Crippen LogP contribution < -0.4 is 5.32 Å². The predicted octanol–water partition coefficient (Wildman–Crippen LogP) is 3.25. The second-order valence-electron chi connectivity index (χ2n) is 5.65. The molecule has 0 aliphatic heterocycles. The van der Waals surface area contributed by atoms with E-state index in [1.54, 1.807) is 11.3 Å². The van der Waals surface area contributed by atoms with Crippen LogP contribution in [-0.2, 0) is 11.2 Å². The number of fused-ring (bicyclic) bond motifs is 1. The molecule has 19 heavy (non-hydrogen) atoms. The monoisotopic (exact) mass is 280 g/mol. The van der Waals surface area contributed by atoms with Crippen molar-refractivity contribution in [3.8, 4) is 0 Å². The van der Waals surface area contributed by atoms with Gasteiger partial charge in [-0.15, -0.1) is 11.3 Å². The fourth-order valence-corrected chi connectivity index (χ4v) is 4.12. The Morgan fingerprint density at radius 3 is 3.16 bits per heavy atom. The summed E-state index contributed by atoms with van der Waals surface area (Å²) in [4.78, 5) is 17.0. The summed E-state index contributed by atoms with van der Waals surface area (Å²) >= 11 is 1.66. The molecule has 0 amide bonds. The number of carboxylic acid groups (broad SMARTS) is 1. The van der Waals surface area contributed by atoms with Crippen molar-refractivity contribution in [1.29, 1.82) is 0 Å². The number of aryl methyl sites for hydroxylation is 1. The Morgan fingerprint density at radius 1 is 1.58 bits per heavy atom. The van der Waals surface area contributed by atoms with Gasteiger partial charge in [0, 0.05) is 10.9 Å². The van der Waals surface area contributed by atoms with E-state index in [-0.39, 0.29) is 5.92 Å². The lowest BCUT2D eigenvalue weighted by atomic mass is 9.91. The molecule has 0 aromatic carbocycles. The fraction of sp³-hybridized carbons (Fsp3) is 0.714. The van der Waals surface area contributed by atoms with Gasteiger partial charge in [-0.1, -0.05) is 13.3 Å². The number of anilines is 1. The van der Waals surface area contributed by atoms with Crippen LogP contribution in [-0.4, -0.2) is 22.1 Å². The Labute approximate surface area is 117 Å². The molecule has 3 rings (SSSR count). The van der Waals surface area contributed by atoms with Crippen LogP contribution in [0.25, 0.3) is 0 Å². The van der Waals surface area contributed by atoms with E-state index in [9.17, 15) is 9.90 Å². The predicted molar refractivity (Wildman–Crippen MR) is 75.9 cm³/mol. The highest BCUT2D eigenvalue weighted by molar-refractivity contribution is 7.15. The minimum Gasteiger partial charge on any atom is -0.481 e. The van der Waals surface area contributed by atoms with Gasteiger partial charge in [0.1, 0.15) is 5.92 Å². The lowest BCUT2D eigenvalue weighted by Crippen LogP contribution is -2.17. The van der Waals surface area contributed by atoms with E-state index < -0.39 is 5.97 Å². The van der Waals surface area contributed by atoms with Crippen molar-refractivity contribution < 1.29 is 9.90 Å². The summed E-state index contributed by atoms with van der Waals surface area (Å²) in [6, 6.07) is 0.566. The summed E-state index contributed by atoms with van der Waals surface area (Å²) in [5.41, 5.74) is 0.818. The van der Waals surface area contributed by atoms with Gasteiger partial charge in [0.15, 0.2) is 5.13 Å². The number of aliphatic carboxylic acids is 1. The van der Waals surface area contributed by atoms with Crippen molar-refractivity contribution in [3.63, 3.8) is 0 Å². The first kappa shape index (κ1) is 12.9. The zero-order valence-corrected chi connectivity index (χ0v) is 12.0. The lowest BCUT2D eigenvalue weighted by molar-refractivity contribution is -0.139. The standard InChI is InChI=1S/C14H20N2O2S/c1-2-4-8-7-10(8)15-14-16-12-9(13(17)18)5-3-6-11(12)19-14/h8-10H,2-7H2,1H3,(H,15,16)(H,17,18). The summed E-state index contributed by atoms with van der Waals surface area (Å²) in [7, 11) is 0. The molecule has 5 heteroatoms. The third kappa shape index (κ3) is 2.61. The largest absolute Gasteiger partial charge is 0.481 e. The molecular weight excluding hydrogens is 260 g/mol. The topological polar surface area (TPSA) is 62.2 Å². The molecule has 0 saturated heterocycles. The second kappa shape index (κ2) is 5.12. The van der Waals surface area contributed by atoms with E-state index >= 15 is 0 Å². The van der Waals surface area contributed by atoms with Crippen molar-refractivity contribution in [2.24, 2.45) is 5.92 Å². The summed E-state index contributed by atoms with van der Waals surface area (Å²) < 4.78 is 0. The molecule has 104 valence electrons. The summed E-state index contributed by atoms with van der Waals surface area (Å²) in [5, 5.41) is 13.7. The highest BCUT2D eigenvalue weighted by Gasteiger charge is 2.37. The van der Waals surface area contributed by atoms with Gasteiger partial charge in [-0.25, -0.2) is 4.98 Å². The molecular formula is C14H20N2O2S. The van der Waals surface area contributed by atoms with Crippen LogP contribution in [0.1, 0.15) is 55.5 Å². The molecule has 2 aliphatic carbocycles. The zero-order valence-electron chi connectivity index (χ0n) is 11.2. The van der Waals surface area contributed by atoms with Gasteiger partial charge in [-0.05, 0) is 38.0 Å². The van der Waals surface area contributed by atoms with Crippen LogP contribution in [0, 0.1) is 5.92 Å². The van der Waals surface area contributed by atoms with Gasteiger partial charge < -0.3 is 10.4 Å². The SMILES string of the molecule is CCCC1CC1Nc1nc2c(s1)CCCC2C(=O)O. The van der Waals surface area contributed by atoms with Gasteiger partial charge in [0.25, 0.3) is 0 Å². The molecule has 1 heterocycles. The Bertz CT molecular complexity index is 486. The number of hydrogen-bond acceptors (Lipinski definition) is 4. The van der Waals surface area contributed by atoms with Crippen molar-refractivity contribution >= 4 is 22.4 Å². The lowest BCUT2D eigenvalue weighted by Gasteiger charge is -2.16. The second-order valence-corrected chi connectivity index (χ2v) is 6.73. The van der Waals surface area contributed by atoms with E-state index in [2.05, 4.69) is 17.2 Å². The van der Waals surface area contributed by atoms with E-state index in [1.165, 1.54) is 24.1 Å². The molecule has 0 radical (unpaired) electrons.